The molecule has 28 heavy (non-hydrogen) atoms. The molecular formula is C24H30N2O2. The van der Waals surface area contributed by atoms with Gasteiger partial charge in [-0.05, 0) is 61.9 Å². The minimum Gasteiger partial charge on any atom is -0.381 e. The van der Waals surface area contributed by atoms with E-state index in [-0.39, 0.29) is 11.3 Å². The van der Waals surface area contributed by atoms with Gasteiger partial charge >= 0.3 is 0 Å². The summed E-state index contributed by atoms with van der Waals surface area (Å²) < 4.78 is 5.59. The average Bonchev–Trinajstić information content (AvgIpc) is 2.79. The summed E-state index contributed by atoms with van der Waals surface area (Å²) in [6, 6.07) is 18.6. The summed E-state index contributed by atoms with van der Waals surface area (Å²) in [5.41, 5.74) is 3.21. The first-order valence-corrected chi connectivity index (χ1v) is 10.5. The lowest BCUT2D eigenvalue weighted by atomic mass is 9.74. The standard InChI is InChI=1S/C24H30N2O2/c27-23(20-9-11-22(12-10-20)26-15-5-2-6-16-26)25-19-24(13-17-28-18-14-24)21-7-3-1-4-8-21/h1,3-4,7-12H,2,5-6,13-19H2,(H,25,27). The fourth-order valence-electron chi connectivity index (χ4n) is 4.45. The fourth-order valence-corrected chi connectivity index (χ4v) is 4.45. The second-order valence-corrected chi connectivity index (χ2v) is 8.04. The van der Waals surface area contributed by atoms with E-state index < -0.39 is 0 Å². The molecule has 0 atom stereocenters. The molecule has 4 heteroatoms. The highest BCUT2D eigenvalue weighted by Crippen LogP contribution is 2.34. The van der Waals surface area contributed by atoms with E-state index in [4.69, 9.17) is 4.74 Å². The Labute approximate surface area is 167 Å². The molecule has 4 rings (SSSR count). The van der Waals surface area contributed by atoms with Gasteiger partial charge in [0.15, 0.2) is 0 Å². The summed E-state index contributed by atoms with van der Waals surface area (Å²) in [5.74, 6) is 0.00647. The van der Waals surface area contributed by atoms with Crippen molar-refractivity contribution in [3.63, 3.8) is 0 Å². The van der Waals surface area contributed by atoms with Crippen molar-refractivity contribution in [2.24, 2.45) is 0 Å². The highest BCUT2D eigenvalue weighted by Gasteiger charge is 2.34. The fraction of sp³-hybridized carbons (Fsp3) is 0.458. The summed E-state index contributed by atoms with van der Waals surface area (Å²) in [5, 5.41) is 3.20. The van der Waals surface area contributed by atoms with Crippen LogP contribution in [0.25, 0.3) is 0 Å². The van der Waals surface area contributed by atoms with Crippen LogP contribution in [0.4, 0.5) is 5.69 Å². The predicted molar refractivity (Wildman–Crippen MR) is 113 cm³/mol. The lowest BCUT2D eigenvalue weighted by Gasteiger charge is -2.38. The third-order valence-corrected chi connectivity index (χ3v) is 6.27. The zero-order valence-electron chi connectivity index (χ0n) is 16.5. The third kappa shape index (κ3) is 4.22. The minimum absolute atomic E-state index is 0.00647. The Kier molecular flexibility index (Phi) is 5.96. The lowest BCUT2D eigenvalue weighted by molar-refractivity contribution is 0.0487. The summed E-state index contributed by atoms with van der Waals surface area (Å²) >= 11 is 0. The first kappa shape index (κ1) is 19.0. The minimum atomic E-state index is -0.0388. The topological polar surface area (TPSA) is 41.6 Å². The van der Waals surface area contributed by atoms with Crippen molar-refractivity contribution in [1.82, 2.24) is 5.32 Å². The van der Waals surface area contributed by atoms with E-state index in [1.54, 1.807) is 0 Å². The Hall–Kier alpha value is -2.33. The Bertz CT molecular complexity index is 761. The van der Waals surface area contributed by atoms with Crippen LogP contribution in [-0.4, -0.2) is 38.8 Å². The molecule has 0 aliphatic carbocycles. The summed E-state index contributed by atoms with van der Waals surface area (Å²) in [6.45, 7) is 4.37. The number of benzene rings is 2. The van der Waals surface area contributed by atoms with Gasteiger partial charge in [0.05, 0.1) is 0 Å². The van der Waals surface area contributed by atoms with Gasteiger partial charge < -0.3 is 15.0 Å². The van der Waals surface area contributed by atoms with Crippen LogP contribution >= 0.6 is 0 Å². The molecule has 2 saturated heterocycles. The van der Waals surface area contributed by atoms with E-state index in [0.717, 1.165) is 44.7 Å². The maximum atomic E-state index is 12.8. The van der Waals surface area contributed by atoms with Gasteiger partial charge in [-0.15, -0.1) is 0 Å². The molecule has 148 valence electrons. The molecule has 2 fully saturated rings. The van der Waals surface area contributed by atoms with Crippen LogP contribution in [0, 0.1) is 0 Å². The quantitative estimate of drug-likeness (QED) is 0.850. The molecule has 0 unspecified atom stereocenters. The largest absolute Gasteiger partial charge is 0.381 e. The van der Waals surface area contributed by atoms with E-state index in [0.29, 0.717) is 6.54 Å². The number of carbonyl (C=O) groups is 1. The molecule has 4 nitrogen and oxygen atoms in total. The van der Waals surface area contributed by atoms with E-state index in [1.807, 2.05) is 18.2 Å². The van der Waals surface area contributed by atoms with Gasteiger partial charge in [-0.1, -0.05) is 30.3 Å². The second kappa shape index (κ2) is 8.78. The van der Waals surface area contributed by atoms with Gasteiger partial charge in [-0.2, -0.15) is 0 Å². The summed E-state index contributed by atoms with van der Waals surface area (Å²) in [6.07, 6.45) is 5.71. The van der Waals surface area contributed by atoms with E-state index in [9.17, 15) is 4.79 Å². The monoisotopic (exact) mass is 378 g/mol. The highest BCUT2D eigenvalue weighted by atomic mass is 16.5. The molecule has 1 N–H and O–H groups in total. The van der Waals surface area contributed by atoms with Crippen LogP contribution in [0.2, 0.25) is 0 Å². The predicted octanol–water partition coefficient (Wildman–Crippen LogP) is 4.16. The average molecular weight is 379 g/mol. The normalized spacial score (nSPS) is 19.2. The molecule has 2 aliphatic rings. The highest BCUT2D eigenvalue weighted by molar-refractivity contribution is 5.94. The van der Waals surface area contributed by atoms with Crippen molar-refractivity contribution < 1.29 is 9.53 Å². The second-order valence-electron chi connectivity index (χ2n) is 8.04. The summed E-state index contributed by atoms with van der Waals surface area (Å²) in [7, 11) is 0. The van der Waals surface area contributed by atoms with Crippen molar-refractivity contribution in [3.05, 3.63) is 65.7 Å². The number of anilines is 1. The first-order valence-electron chi connectivity index (χ1n) is 10.5. The number of carbonyl (C=O) groups excluding carboxylic acids is 1. The van der Waals surface area contributed by atoms with Crippen molar-refractivity contribution in [1.29, 1.82) is 0 Å². The van der Waals surface area contributed by atoms with Crippen LogP contribution in [0.1, 0.15) is 48.0 Å². The van der Waals surface area contributed by atoms with E-state index >= 15 is 0 Å². The molecule has 2 heterocycles. The van der Waals surface area contributed by atoms with Gasteiger partial charge in [-0.3, -0.25) is 4.79 Å². The van der Waals surface area contributed by atoms with Crippen molar-refractivity contribution in [2.45, 2.75) is 37.5 Å². The van der Waals surface area contributed by atoms with Crippen LogP contribution in [0.15, 0.2) is 54.6 Å². The molecule has 0 bridgehead atoms. The maximum Gasteiger partial charge on any atom is 0.251 e. The van der Waals surface area contributed by atoms with Crippen LogP contribution in [-0.2, 0) is 10.2 Å². The maximum absolute atomic E-state index is 12.8. The van der Waals surface area contributed by atoms with E-state index in [1.165, 1.54) is 30.5 Å². The Morgan fingerprint density at radius 1 is 0.929 bits per heavy atom. The van der Waals surface area contributed by atoms with Crippen molar-refractivity contribution in [3.8, 4) is 0 Å². The molecule has 0 saturated carbocycles. The van der Waals surface area contributed by atoms with Crippen LogP contribution in [0.3, 0.4) is 0 Å². The molecular weight excluding hydrogens is 348 g/mol. The third-order valence-electron chi connectivity index (χ3n) is 6.27. The zero-order chi connectivity index (χ0) is 19.2. The number of nitrogens with one attached hydrogen (secondary N) is 1. The molecule has 0 spiro atoms. The number of rotatable bonds is 5. The first-order chi connectivity index (χ1) is 13.8. The molecule has 2 aliphatic heterocycles. The van der Waals surface area contributed by atoms with Crippen molar-refractivity contribution >= 4 is 11.6 Å². The lowest BCUT2D eigenvalue weighted by Crippen LogP contribution is -2.44. The number of piperidine rings is 1. The van der Waals surface area contributed by atoms with Crippen LogP contribution < -0.4 is 10.2 Å². The molecule has 1 amide bonds. The Morgan fingerprint density at radius 3 is 2.29 bits per heavy atom. The SMILES string of the molecule is O=C(NCC1(c2ccccc2)CCOCC1)c1ccc(N2CCCCC2)cc1. The zero-order valence-corrected chi connectivity index (χ0v) is 16.5. The van der Waals surface area contributed by atoms with Gasteiger partial charge in [0.1, 0.15) is 0 Å². The Morgan fingerprint density at radius 2 is 1.61 bits per heavy atom. The Balaban J connectivity index is 1.42. The number of hydrogen-bond donors (Lipinski definition) is 1. The number of amides is 1. The number of nitrogens with zero attached hydrogens (tertiary/aromatic N) is 1. The van der Waals surface area contributed by atoms with Crippen LogP contribution in [0.5, 0.6) is 0 Å². The number of hydrogen-bond acceptors (Lipinski definition) is 3. The molecule has 0 radical (unpaired) electrons. The summed E-state index contributed by atoms with van der Waals surface area (Å²) in [4.78, 5) is 15.2. The smallest absolute Gasteiger partial charge is 0.251 e. The van der Waals surface area contributed by atoms with Crippen molar-refractivity contribution in [2.75, 3.05) is 37.7 Å². The number of ether oxygens (including phenoxy) is 1. The molecule has 2 aromatic carbocycles. The molecule has 2 aromatic rings. The van der Waals surface area contributed by atoms with Gasteiger partial charge in [0, 0.05) is 49.5 Å². The van der Waals surface area contributed by atoms with Gasteiger partial charge in [-0.25, -0.2) is 0 Å². The molecule has 0 aromatic heterocycles. The van der Waals surface area contributed by atoms with Gasteiger partial charge in [0.2, 0.25) is 0 Å². The van der Waals surface area contributed by atoms with Gasteiger partial charge in [0.25, 0.3) is 5.91 Å². The van der Waals surface area contributed by atoms with E-state index in [2.05, 4.69) is 46.6 Å².